The molecule has 0 saturated carbocycles. The van der Waals surface area contributed by atoms with E-state index in [0.717, 1.165) is 42.9 Å². The number of hydrogen-bond acceptors (Lipinski definition) is 6. The Labute approximate surface area is 175 Å². The highest BCUT2D eigenvalue weighted by atomic mass is 16.5. The van der Waals surface area contributed by atoms with Gasteiger partial charge < -0.3 is 19.5 Å². The number of ether oxygens (including phenoxy) is 3. The summed E-state index contributed by atoms with van der Waals surface area (Å²) in [7, 11) is 1.34. The van der Waals surface area contributed by atoms with E-state index in [2.05, 4.69) is 16.3 Å². The van der Waals surface area contributed by atoms with E-state index in [1.54, 1.807) is 24.3 Å². The van der Waals surface area contributed by atoms with Crippen LogP contribution in [0.25, 0.3) is 0 Å². The molecular weight excluding hydrogens is 384 g/mol. The van der Waals surface area contributed by atoms with Crippen molar-refractivity contribution >= 4 is 17.6 Å². The van der Waals surface area contributed by atoms with Crippen molar-refractivity contribution < 1.29 is 23.8 Å². The van der Waals surface area contributed by atoms with Crippen molar-refractivity contribution in [3.8, 4) is 11.5 Å². The quantitative estimate of drug-likeness (QED) is 0.762. The van der Waals surface area contributed by atoms with Crippen LogP contribution in [-0.2, 0) is 9.53 Å². The van der Waals surface area contributed by atoms with Crippen LogP contribution < -0.4 is 14.8 Å². The number of carbonyl (C=O) groups is 2. The van der Waals surface area contributed by atoms with Gasteiger partial charge in [-0.2, -0.15) is 0 Å². The molecule has 0 radical (unpaired) electrons. The third-order valence-electron chi connectivity index (χ3n) is 5.46. The molecule has 30 heavy (non-hydrogen) atoms. The van der Waals surface area contributed by atoms with Crippen molar-refractivity contribution in [3.63, 3.8) is 0 Å². The number of benzene rings is 2. The van der Waals surface area contributed by atoms with Crippen LogP contribution in [0.4, 0.5) is 5.69 Å². The van der Waals surface area contributed by atoms with Gasteiger partial charge in [0.1, 0.15) is 0 Å². The van der Waals surface area contributed by atoms with Gasteiger partial charge in [0.25, 0.3) is 0 Å². The Kier molecular flexibility index (Phi) is 6.18. The molecule has 1 atom stereocenters. The number of methoxy groups -OCH3 is 1. The van der Waals surface area contributed by atoms with E-state index in [-0.39, 0.29) is 11.9 Å². The predicted octanol–water partition coefficient (Wildman–Crippen LogP) is 3.41. The molecule has 1 fully saturated rings. The highest BCUT2D eigenvalue weighted by Gasteiger charge is 2.28. The Morgan fingerprint density at radius 2 is 1.83 bits per heavy atom. The van der Waals surface area contributed by atoms with Crippen molar-refractivity contribution in [2.24, 2.45) is 0 Å². The highest BCUT2D eigenvalue weighted by Crippen LogP contribution is 2.37. The van der Waals surface area contributed by atoms with Gasteiger partial charge in [-0.3, -0.25) is 9.69 Å². The monoisotopic (exact) mass is 410 g/mol. The Bertz CT molecular complexity index is 912. The molecule has 4 rings (SSSR count). The van der Waals surface area contributed by atoms with Gasteiger partial charge in [-0.15, -0.1) is 0 Å². The first kappa shape index (κ1) is 20.2. The lowest BCUT2D eigenvalue weighted by Gasteiger charge is -2.25. The lowest BCUT2D eigenvalue weighted by molar-refractivity contribution is -0.117. The molecule has 0 aliphatic carbocycles. The summed E-state index contributed by atoms with van der Waals surface area (Å²) in [5, 5.41) is 2.91. The second kappa shape index (κ2) is 9.17. The van der Waals surface area contributed by atoms with E-state index >= 15 is 0 Å². The molecule has 1 saturated heterocycles. The highest BCUT2D eigenvalue weighted by molar-refractivity contribution is 5.94. The van der Waals surface area contributed by atoms with Gasteiger partial charge >= 0.3 is 5.97 Å². The first-order chi connectivity index (χ1) is 14.6. The maximum atomic E-state index is 12.6. The van der Waals surface area contributed by atoms with E-state index in [1.807, 2.05) is 12.1 Å². The van der Waals surface area contributed by atoms with Crippen LogP contribution in [0.2, 0.25) is 0 Å². The van der Waals surface area contributed by atoms with Crippen LogP contribution in [-0.4, -0.2) is 50.2 Å². The maximum absolute atomic E-state index is 12.6. The first-order valence-corrected chi connectivity index (χ1v) is 10.3. The summed E-state index contributed by atoms with van der Waals surface area (Å²) < 4.78 is 16.2. The summed E-state index contributed by atoms with van der Waals surface area (Å²) in [4.78, 5) is 26.3. The molecule has 1 N–H and O–H groups in total. The molecule has 2 aromatic carbocycles. The zero-order valence-electron chi connectivity index (χ0n) is 17.1. The van der Waals surface area contributed by atoms with Crippen LogP contribution in [0.15, 0.2) is 42.5 Å². The van der Waals surface area contributed by atoms with Gasteiger partial charge in [-0.05, 0) is 61.3 Å². The molecule has 2 aliphatic rings. The number of nitrogens with one attached hydrogen (secondary N) is 1. The van der Waals surface area contributed by atoms with E-state index < -0.39 is 5.97 Å². The van der Waals surface area contributed by atoms with Crippen molar-refractivity contribution in [3.05, 3.63) is 53.6 Å². The lowest BCUT2D eigenvalue weighted by Crippen LogP contribution is -2.33. The smallest absolute Gasteiger partial charge is 0.337 e. The molecule has 0 spiro atoms. The van der Waals surface area contributed by atoms with Crippen LogP contribution in [0, 0.1) is 0 Å². The number of hydrogen-bond donors (Lipinski definition) is 1. The van der Waals surface area contributed by atoms with Crippen LogP contribution in [0.5, 0.6) is 11.5 Å². The Hall–Kier alpha value is -3.06. The molecule has 0 bridgehead atoms. The Balaban J connectivity index is 1.40. The van der Waals surface area contributed by atoms with E-state index in [1.165, 1.54) is 7.11 Å². The molecule has 7 nitrogen and oxygen atoms in total. The van der Waals surface area contributed by atoms with Gasteiger partial charge in [0.15, 0.2) is 11.5 Å². The first-order valence-electron chi connectivity index (χ1n) is 10.3. The minimum Gasteiger partial charge on any atom is -0.490 e. The van der Waals surface area contributed by atoms with Crippen LogP contribution in [0.3, 0.4) is 0 Å². The maximum Gasteiger partial charge on any atom is 0.337 e. The number of rotatable bonds is 5. The fourth-order valence-corrected chi connectivity index (χ4v) is 3.97. The largest absolute Gasteiger partial charge is 0.490 e. The molecule has 0 aromatic heterocycles. The lowest BCUT2D eigenvalue weighted by atomic mass is 10.0. The minimum absolute atomic E-state index is 0.0814. The molecule has 1 amide bonds. The van der Waals surface area contributed by atoms with Gasteiger partial charge in [0, 0.05) is 18.2 Å². The average molecular weight is 410 g/mol. The van der Waals surface area contributed by atoms with Crippen LogP contribution >= 0.6 is 0 Å². The van der Waals surface area contributed by atoms with Crippen LogP contribution in [0.1, 0.15) is 41.2 Å². The standard InChI is InChI=1S/C23H26N2O5/c1-28-23(27)16-5-8-18(9-6-16)24-22(26)15-25-11-2-4-19(25)17-7-10-20-21(14-17)30-13-3-12-29-20/h5-10,14,19H,2-4,11-13,15H2,1H3,(H,24,26)/t19-/m0/s1. The van der Waals surface area contributed by atoms with E-state index in [9.17, 15) is 9.59 Å². The van der Waals surface area contributed by atoms with Gasteiger partial charge in [-0.25, -0.2) is 4.79 Å². The van der Waals surface area contributed by atoms with Crippen molar-refractivity contribution in [1.29, 1.82) is 0 Å². The number of nitrogens with zero attached hydrogens (tertiary/aromatic N) is 1. The minimum atomic E-state index is -0.400. The number of carbonyl (C=O) groups excluding carboxylic acids is 2. The summed E-state index contributed by atoms with van der Waals surface area (Å²) in [5.41, 5.74) is 2.25. The number of amides is 1. The average Bonchev–Trinajstić information content (AvgIpc) is 3.08. The molecular formula is C23H26N2O5. The predicted molar refractivity (Wildman–Crippen MR) is 112 cm³/mol. The molecule has 7 heteroatoms. The van der Waals surface area contributed by atoms with E-state index in [0.29, 0.717) is 31.0 Å². The number of anilines is 1. The van der Waals surface area contributed by atoms with Gasteiger partial charge in [0.05, 0.1) is 32.4 Å². The number of fused-ring (bicyclic) bond motifs is 1. The van der Waals surface area contributed by atoms with Gasteiger partial charge in [-0.1, -0.05) is 6.07 Å². The third-order valence-corrected chi connectivity index (χ3v) is 5.46. The zero-order chi connectivity index (χ0) is 20.9. The fraction of sp³-hybridized carbons (Fsp3) is 0.391. The Morgan fingerprint density at radius 3 is 2.60 bits per heavy atom. The molecule has 2 aliphatic heterocycles. The summed E-state index contributed by atoms with van der Waals surface area (Å²) >= 11 is 0. The van der Waals surface area contributed by atoms with Crippen molar-refractivity contribution in [2.45, 2.75) is 25.3 Å². The number of esters is 1. The summed E-state index contributed by atoms with van der Waals surface area (Å²) in [6.45, 7) is 2.50. The normalized spacial score (nSPS) is 18.5. The van der Waals surface area contributed by atoms with Crippen molar-refractivity contribution in [1.82, 2.24) is 4.90 Å². The second-order valence-corrected chi connectivity index (χ2v) is 7.50. The molecule has 0 unspecified atom stereocenters. The molecule has 158 valence electrons. The second-order valence-electron chi connectivity index (χ2n) is 7.50. The molecule has 2 aromatic rings. The van der Waals surface area contributed by atoms with E-state index in [4.69, 9.17) is 14.2 Å². The summed E-state index contributed by atoms with van der Waals surface area (Å²) in [6, 6.07) is 12.9. The Morgan fingerprint density at radius 1 is 1.07 bits per heavy atom. The van der Waals surface area contributed by atoms with Crippen molar-refractivity contribution in [2.75, 3.05) is 38.7 Å². The van der Waals surface area contributed by atoms with Gasteiger partial charge in [0.2, 0.25) is 5.91 Å². The molecule has 2 heterocycles. The summed E-state index contributed by atoms with van der Waals surface area (Å²) in [5.74, 6) is 1.09. The number of likely N-dealkylation sites (tertiary alicyclic amines) is 1. The summed E-state index contributed by atoms with van der Waals surface area (Å²) in [6.07, 6.45) is 2.92. The zero-order valence-corrected chi connectivity index (χ0v) is 17.1. The SMILES string of the molecule is COC(=O)c1ccc(NC(=O)CN2CCC[C@H]2c2ccc3c(c2)OCCCO3)cc1. The fourth-order valence-electron chi connectivity index (χ4n) is 3.97. The topological polar surface area (TPSA) is 77.1 Å². The third kappa shape index (κ3) is 4.57.